The van der Waals surface area contributed by atoms with Crippen molar-refractivity contribution in [2.45, 2.75) is 18.3 Å². The summed E-state index contributed by atoms with van der Waals surface area (Å²) in [6, 6.07) is 0. The van der Waals surface area contributed by atoms with Crippen LogP contribution >= 0.6 is 11.8 Å². The summed E-state index contributed by atoms with van der Waals surface area (Å²) >= 11 is 1.29. The van der Waals surface area contributed by atoms with Crippen LogP contribution in [0, 0.1) is 0 Å². The Labute approximate surface area is 64.8 Å². The van der Waals surface area contributed by atoms with Crippen LogP contribution in [0.5, 0.6) is 0 Å². The Morgan fingerprint density at radius 3 is 2.30 bits per heavy atom. The van der Waals surface area contributed by atoms with Crippen LogP contribution < -0.4 is 0 Å². The summed E-state index contributed by atoms with van der Waals surface area (Å²) in [7, 11) is 1.31. The van der Waals surface area contributed by atoms with Gasteiger partial charge < -0.3 is 9.84 Å². The maximum absolute atomic E-state index is 10.8. The fourth-order valence-electron chi connectivity index (χ4n) is 0.606. The van der Waals surface area contributed by atoms with E-state index in [-0.39, 0.29) is 5.97 Å². The van der Waals surface area contributed by atoms with E-state index < -0.39 is 11.4 Å². The molecular weight excluding hydrogens is 152 g/mol. The molecule has 0 aliphatic carbocycles. The number of esters is 1. The van der Waals surface area contributed by atoms with Crippen molar-refractivity contribution in [1.29, 1.82) is 0 Å². The van der Waals surface area contributed by atoms with Gasteiger partial charge in [0.05, 0.1) is 13.2 Å². The highest BCUT2D eigenvalue weighted by molar-refractivity contribution is 7.99. The van der Waals surface area contributed by atoms with Gasteiger partial charge in [-0.3, -0.25) is 4.79 Å². The van der Waals surface area contributed by atoms with Gasteiger partial charge >= 0.3 is 5.97 Å². The SMILES string of the molecule is COC(=O)[C@@H](SC)[C@H](C)O. The first kappa shape index (κ1) is 9.78. The molecule has 0 rings (SSSR count). The van der Waals surface area contributed by atoms with Crippen molar-refractivity contribution >= 4 is 17.7 Å². The summed E-state index contributed by atoms with van der Waals surface area (Å²) in [5.41, 5.74) is 0. The molecule has 0 spiro atoms. The number of aliphatic hydroxyl groups excluding tert-OH is 1. The highest BCUT2D eigenvalue weighted by atomic mass is 32.2. The number of ether oxygens (including phenoxy) is 1. The lowest BCUT2D eigenvalue weighted by Gasteiger charge is -2.13. The van der Waals surface area contributed by atoms with E-state index in [9.17, 15) is 4.79 Å². The number of rotatable bonds is 3. The zero-order chi connectivity index (χ0) is 8.15. The van der Waals surface area contributed by atoms with Gasteiger partial charge in [0, 0.05) is 0 Å². The molecule has 2 atom stereocenters. The molecule has 0 aromatic heterocycles. The minimum absolute atomic E-state index is 0.373. The summed E-state index contributed by atoms with van der Waals surface area (Å²) in [4.78, 5) is 10.8. The molecule has 1 N–H and O–H groups in total. The lowest BCUT2D eigenvalue weighted by atomic mass is 10.3. The number of aliphatic hydroxyl groups is 1. The smallest absolute Gasteiger partial charge is 0.321 e. The van der Waals surface area contributed by atoms with Crippen LogP contribution in [0.1, 0.15) is 6.92 Å². The van der Waals surface area contributed by atoms with Gasteiger partial charge in [0.1, 0.15) is 5.25 Å². The zero-order valence-electron chi connectivity index (χ0n) is 6.33. The Bertz CT molecular complexity index is 114. The van der Waals surface area contributed by atoms with Crippen molar-refractivity contribution in [3.63, 3.8) is 0 Å². The first-order valence-electron chi connectivity index (χ1n) is 2.92. The summed E-state index contributed by atoms with van der Waals surface area (Å²) in [6.07, 6.45) is 1.11. The lowest BCUT2D eigenvalue weighted by molar-refractivity contribution is -0.141. The van der Waals surface area contributed by atoms with Gasteiger partial charge in [-0.05, 0) is 13.2 Å². The maximum atomic E-state index is 10.8. The predicted molar refractivity (Wildman–Crippen MR) is 41.0 cm³/mol. The lowest BCUT2D eigenvalue weighted by Crippen LogP contribution is -2.29. The van der Waals surface area contributed by atoms with Crippen LogP contribution in [0.15, 0.2) is 0 Å². The van der Waals surface area contributed by atoms with E-state index in [1.807, 2.05) is 0 Å². The number of thioether (sulfide) groups is 1. The average molecular weight is 164 g/mol. The van der Waals surface area contributed by atoms with Crippen LogP contribution in [0.25, 0.3) is 0 Å². The third-order valence-corrected chi connectivity index (χ3v) is 2.22. The van der Waals surface area contributed by atoms with Crippen LogP contribution in [0.4, 0.5) is 0 Å². The van der Waals surface area contributed by atoms with Crippen molar-refractivity contribution in [3.05, 3.63) is 0 Å². The molecule has 0 aliphatic heterocycles. The van der Waals surface area contributed by atoms with E-state index in [0.29, 0.717) is 0 Å². The number of hydrogen-bond acceptors (Lipinski definition) is 4. The molecule has 3 nitrogen and oxygen atoms in total. The second kappa shape index (κ2) is 4.57. The van der Waals surface area contributed by atoms with E-state index in [2.05, 4.69) is 4.74 Å². The fourth-order valence-corrected chi connectivity index (χ4v) is 1.29. The number of carbonyl (C=O) groups excluding carboxylic acids is 1. The number of methoxy groups -OCH3 is 1. The van der Waals surface area contributed by atoms with E-state index in [1.54, 1.807) is 13.2 Å². The molecule has 0 bridgehead atoms. The van der Waals surface area contributed by atoms with Crippen molar-refractivity contribution in [1.82, 2.24) is 0 Å². The molecule has 0 saturated carbocycles. The van der Waals surface area contributed by atoms with Gasteiger partial charge in [0.15, 0.2) is 0 Å². The normalized spacial score (nSPS) is 16.0. The quantitative estimate of drug-likeness (QED) is 0.608. The predicted octanol–water partition coefficient (Wildman–Crippen LogP) is 0.272. The Morgan fingerprint density at radius 1 is 1.70 bits per heavy atom. The Balaban J connectivity index is 3.93. The molecule has 0 saturated heterocycles. The second-order valence-electron chi connectivity index (χ2n) is 1.92. The standard InChI is InChI=1S/C6H12O3S/c1-4(7)5(10-3)6(8)9-2/h4-5,7H,1-3H3/t4-,5-/m0/s1. The molecular formula is C6H12O3S. The van der Waals surface area contributed by atoms with Crippen molar-refractivity contribution < 1.29 is 14.6 Å². The molecule has 4 heteroatoms. The average Bonchev–Trinajstić information content (AvgIpc) is 1.88. The molecule has 10 heavy (non-hydrogen) atoms. The first-order chi connectivity index (χ1) is 4.63. The van der Waals surface area contributed by atoms with Crippen LogP contribution in [-0.4, -0.2) is 35.8 Å². The zero-order valence-corrected chi connectivity index (χ0v) is 7.14. The van der Waals surface area contributed by atoms with Gasteiger partial charge in [0.25, 0.3) is 0 Å². The van der Waals surface area contributed by atoms with Crippen LogP contribution in [0.3, 0.4) is 0 Å². The molecule has 0 radical (unpaired) electrons. The molecule has 0 aromatic carbocycles. The Kier molecular flexibility index (Phi) is 4.47. The molecule has 0 heterocycles. The van der Waals surface area contributed by atoms with Gasteiger partial charge in [-0.25, -0.2) is 0 Å². The van der Waals surface area contributed by atoms with E-state index in [0.717, 1.165) is 0 Å². The number of carbonyl (C=O) groups is 1. The van der Waals surface area contributed by atoms with E-state index in [4.69, 9.17) is 5.11 Å². The molecule has 0 aliphatic rings. The van der Waals surface area contributed by atoms with Crippen LogP contribution in [-0.2, 0) is 9.53 Å². The first-order valence-corrected chi connectivity index (χ1v) is 4.21. The third kappa shape index (κ3) is 2.58. The van der Waals surface area contributed by atoms with Crippen molar-refractivity contribution in [3.8, 4) is 0 Å². The third-order valence-electron chi connectivity index (χ3n) is 1.13. The fraction of sp³-hybridized carbons (Fsp3) is 0.833. The molecule has 0 aromatic rings. The molecule has 60 valence electrons. The minimum Gasteiger partial charge on any atom is -0.468 e. The van der Waals surface area contributed by atoms with E-state index >= 15 is 0 Å². The largest absolute Gasteiger partial charge is 0.468 e. The maximum Gasteiger partial charge on any atom is 0.321 e. The Hall–Kier alpha value is -0.220. The van der Waals surface area contributed by atoms with Gasteiger partial charge in [-0.2, -0.15) is 0 Å². The van der Waals surface area contributed by atoms with E-state index in [1.165, 1.54) is 18.9 Å². The topological polar surface area (TPSA) is 46.5 Å². The van der Waals surface area contributed by atoms with Gasteiger partial charge in [-0.15, -0.1) is 11.8 Å². The Morgan fingerprint density at radius 2 is 2.20 bits per heavy atom. The van der Waals surface area contributed by atoms with Crippen LogP contribution in [0.2, 0.25) is 0 Å². The molecule has 0 unspecified atom stereocenters. The highest BCUT2D eigenvalue weighted by Gasteiger charge is 2.22. The monoisotopic (exact) mass is 164 g/mol. The summed E-state index contributed by atoms with van der Waals surface area (Å²) < 4.78 is 4.44. The molecule has 0 fully saturated rings. The van der Waals surface area contributed by atoms with Gasteiger partial charge in [0.2, 0.25) is 0 Å². The number of hydrogen-bond donors (Lipinski definition) is 1. The summed E-state index contributed by atoms with van der Waals surface area (Å²) in [6.45, 7) is 1.57. The second-order valence-corrected chi connectivity index (χ2v) is 2.90. The molecule has 0 amide bonds. The van der Waals surface area contributed by atoms with Crippen molar-refractivity contribution in [2.24, 2.45) is 0 Å². The van der Waals surface area contributed by atoms with Gasteiger partial charge in [-0.1, -0.05) is 0 Å². The summed E-state index contributed by atoms with van der Waals surface area (Å²) in [5, 5.41) is 8.54. The summed E-state index contributed by atoms with van der Waals surface area (Å²) in [5.74, 6) is -0.373. The highest BCUT2D eigenvalue weighted by Crippen LogP contribution is 2.12. The minimum atomic E-state index is -0.651. The van der Waals surface area contributed by atoms with Crippen molar-refractivity contribution in [2.75, 3.05) is 13.4 Å².